The van der Waals surface area contributed by atoms with Crippen molar-refractivity contribution >= 4 is 5.97 Å². The first-order valence-corrected chi connectivity index (χ1v) is 5.92. The molecule has 2 rings (SSSR count). The van der Waals surface area contributed by atoms with E-state index in [0.29, 0.717) is 5.56 Å². The normalized spacial score (nSPS) is 25.6. The van der Waals surface area contributed by atoms with Crippen molar-refractivity contribution in [3.63, 3.8) is 0 Å². The number of ether oxygens (including phenoxy) is 1. The largest absolute Gasteiger partial charge is 0.465 e. The molecule has 0 aliphatic heterocycles. The third kappa shape index (κ3) is 2.72. The highest BCUT2D eigenvalue weighted by molar-refractivity contribution is 5.89. The molecule has 0 bridgehead atoms. The number of benzene rings is 1. The summed E-state index contributed by atoms with van der Waals surface area (Å²) in [7, 11) is 1.36. The molecule has 0 saturated heterocycles. The van der Waals surface area contributed by atoms with Crippen LogP contribution < -0.4 is 0 Å². The van der Waals surface area contributed by atoms with E-state index >= 15 is 0 Å². The van der Waals surface area contributed by atoms with E-state index in [4.69, 9.17) is 0 Å². The first kappa shape index (κ1) is 12.7. The van der Waals surface area contributed by atoms with Gasteiger partial charge in [0.25, 0.3) is 0 Å². The Labute approximate surface area is 107 Å². The highest BCUT2D eigenvalue weighted by atomic mass is 16.5. The predicted octanol–water partition coefficient (Wildman–Crippen LogP) is 1.99. The van der Waals surface area contributed by atoms with Crippen molar-refractivity contribution in [2.75, 3.05) is 7.11 Å². The van der Waals surface area contributed by atoms with Crippen molar-refractivity contribution < 1.29 is 14.6 Å². The maximum absolute atomic E-state index is 11.2. The zero-order valence-electron chi connectivity index (χ0n) is 10.6. The number of aliphatic hydroxyl groups is 1. The van der Waals surface area contributed by atoms with Gasteiger partial charge in [0.05, 0.1) is 18.8 Å². The fourth-order valence-corrected chi connectivity index (χ4v) is 2.11. The summed E-state index contributed by atoms with van der Waals surface area (Å²) in [6.07, 6.45) is 1.27. The number of hydrogen-bond donors (Lipinski definition) is 1. The van der Waals surface area contributed by atoms with Gasteiger partial charge < -0.3 is 9.84 Å². The minimum absolute atomic E-state index is 0.0690. The Kier molecular flexibility index (Phi) is 3.40. The lowest BCUT2D eigenvalue weighted by Gasteiger charge is -2.38. The van der Waals surface area contributed by atoms with Crippen LogP contribution in [0, 0.1) is 17.3 Å². The van der Waals surface area contributed by atoms with Gasteiger partial charge in [-0.15, -0.1) is 0 Å². The first-order valence-electron chi connectivity index (χ1n) is 5.92. The third-order valence-electron chi connectivity index (χ3n) is 3.19. The number of methoxy groups -OCH3 is 1. The fraction of sp³-hybridized carbons (Fsp3) is 0.400. The van der Waals surface area contributed by atoms with Crippen LogP contribution >= 0.6 is 0 Å². The van der Waals surface area contributed by atoms with Crippen LogP contribution in [0.4, 0.5) is 0 Å². The number of aliphatic hydroxyl groups excluding tert-OH is 1. The Morgan fingerprint density at radius 1 is 1.39 bits per heavy atom. The van der Waals surface area contributed by atoms with Gasteiger partial charge in [-0.25, -0.2) is 4.79 Å². The summed E-state index contributed by atoms with van der Waals surface area (Å²) < 4.78 is 4.63. The molecule has 0 unspecified atom stereocenters. The van der Waals surface area contributed by atoms with Crippen LogP contribution in [-0.4, -0.2) is 24.3 Å². The fourth-order valence-electron chi connectivity index (χ4n) is 2.11. The molecule has 1 aliphatic rings. The second-order valence-corrected chi connectivity index (χ2v) is 4.94. The van der Waals surface area contributed by atoms with E-state index in [1.807, 2.05) is 0 Å². The van der Waals surface area contributed by atoms with Crippen LogP contribution in [-0.2, 0) is 4.74 Å². The summed E-state index contributed by atoms with van der Waals surface area (Å²) in [6.45, 7) is 2.05. The molecule has 3 nitrogen and oxygen atoms in total. The van der Waals surface area contributed by atoms with E-state index < -0.39 is 0 Å². The van der Waals surface area contributed by atoms with Gasteiger partial charge in [0.1, 0.15) is 0 Å². The molecule has 1 aromatic rings. The van der Waals surface area contributed by atoms with Gasteiger partial charge in [0.2, 0.25) is 0 Å². The lowest BCUT2D eigenvalue weighted by atomic mass is 9.69. The standard InChI is InChI=1S/C15H16O3/c1-15(9-13(16)10-15)8-7-11-3-5-12(6-4-11)14(17)18-2/h3-6,13,16H,9-10H2,1-2H3. The van der Waals surface area contributed by atoms with Crippen LogP contribution in [0.5, 0.6) is 0 Å². The van der Waals surface area contributed by atoms with Crippen molar-refractivity contribution in [2.24, 2.45) is 5.41 Å². The molecule has 1 saturated carbocycles. The lowest BCUT2D eigenvalue weighted by molar-refractivity contribution is 0.0150. The molecule has 0 amide bonds. The summed E-state index contributed by atoms with van der Waals surface area (Å²) in [5, 5.41) is 9.29. The maximum atomic E-state index is 11.2. The van der Waals surface area contributed by atoms with Crippen molar-refractivity contribution in [2.45, 2.75) is 25.9 Å². The van der Waals surface area contributed by atoms with E-state index in [1.165, 1.54) is 7.11 Å². The molecule has 1 N–H and O–H groups in total. The Hall–Kier alpha value is -1.79. The van der Waals surface area contributed by atoms with Gasteiger partial charge in [-0.2, -0.15) is 0 Å². The zero-order valence-corrected chi connectivity index (χ0v) is 10.6. The van der Waals surface area contributed by atoms with Crippen molar-refractivity contribution in [1.82, 2.24) is 0 Å². The molecule has 1 fully saturated rings. The van der Waals surface area contributed by atoms with Gasteiger partial charge in [0, 0.05) is 11.0 Å². The van der Waals surface area contributed by atoms with Gasteiger partial charge in [-0.05, 0) is 44.0 Å². The molecule has 0 radical (unpaired) electrons. The van der Waals surface area contributed by atoms with Crippen LogP contribution in [0.15, 0.2) is 24.3 Å². The van der Waals surface area contributed by atoms with Crippen LogP contribution in [0.1, 0.15) is 35.7 Å². The third-order valence-corrected chi connectivity index (χ3v) is 3.19. The molecule has 18 heavy (non-hydrogen) atoms. The van der Waals surface area contributed by atoms with E-state index in [-0.39, 0.29) is 17.5 Å². The smallest absolute Gasteiger partial charge is 0.337 e. The van der Waals surface area contributed by atoms with E-state index in [0.717, 1.165) is 18.4 Å². The summed E-state index contributed by atoms with van der Waals surface area (Å²) in [5.74, 6) is 5.91. The number of hydrogen-bond acceptors (Lipinski definition) is 3. The summed E-state index contributed by atoms with van der Waals surface area (Å²) in [5.41, 5.74) is 1.32. The molecule has 0 heterocycles. The number of carbonyl (C=O) groups is 1. The number of esters is 1. The average Bonchev–Trinajstić information content (AvgIpc) is 2.34. The SMILES string of the molecule is COC(=O)c1ccc(C#CC2(C)CC(O)C2)cc1. The molecule has 0 atom stereocenters. The minimum Gasteiger partial charge on any atom is -0.465 e. The summed E-state index contributed by atoms with van der Waals surface area (Å²) >= 11 is 0. The number of rotatable bonds is 1. The van der Waals surface area contributed by atoms with Crippen LogP contribution in [0.25, 0.3) is 0 Å². The average molecular weight is 244 g/mol. The monoisotopic (exact) mass is 244 g/mol. The van der Waals surface area contributed by atoms with E-state index in [1.54, 1.807) is 24.3 Å². The van der Waals surface area contributed by atoms with Crippen molar-refractivity contribution in [3.8, 4) is 11.8 Å². The van der Waals surface area contributed by atoms with Gasteiger partial charge in [-0.1, -0.05) is 11.8 Å². The highest BCUT2D eigenvalue weighted by Gasteiger charge is 2.37. The zero-order chi connectivity index (χ0) is 13.2. The molecule has 3 heteroatoms. The Balaban J connectivity index is 2.07. The predicted molar refractivity (Wildman–Crippen MR) is 68.0 cm³/mol. The minimum atomic E-state index is -0.344. The topological polar surface area (TPSA) is 46.5 Å². The van der Waals surface area contributed by atoms with Gasteiger partial charge in [-0.3, -0.25) is 0 Å². The van der Waals surface area contributed by atoms with Gasteiger partial charge in [0.15, 0.2) is 0 Å². The summed E-state index contributed by atoms with van der Waals surface area (Å²) in [6, 6.07) is 7.01. The highest BCUT2D eigenvalue weighted by Crippen LogP contribution is 2.39. The summed E-state index contributed by atoms with van der Waals surface area (Å²) in [4.78, 5) is 11.2. The first-order chi connectivity index (χ1) is 8.52. The molecular formula is C15H16O3. The van der Waals surface area contributed by atoms with Crippen molar-refractivity contribution in [1.29, 1.82) is 0 Å². The Morgan fingerprint density at radius 2 is 2.00 bits per heavy atom. The molecule has 1 aromatic carbocycles. The molecule has 0 aromatic heterocycles. The Morgan fingerprint density at radius 3 is 2.50 bits per heavy atom. The molecule has 1 aliphatic carbocycles. The second-order valence-electron chi connectivity index (χ2n) is 4.94. The van der Waals surface area contributed by atoms with Gasteiger partial charge >= 0.3 is 5.97 Å². The quantitative estimate of drug-likeness (QED) is 0.607. The van der Waals surface area contributed by atoms with E-state index in [2.05, 4.69) is 23.5 Å². The maximum Gasteiger partial charge on any atom is 0.337 e. The van der Waals surface area contributed by atoms with Crippen LogP contribution in [0.3, 0.4) is 0 Å². The molecular weight excluding hydrogens is 228 g/mol. The number of carbonyl (C=O) groups excluding carboxylic acids is 1. The molecule has 94 valence electrons. The van der Waals surface area contributed by atoms with E-state index in [9.17, 15) is 9.90 Å². The second kappa shape index (κ2) is 4.83. The van der Waals surface area contributed by atoms with Crippen molar-refractivity contribution in [3.05, 3.63) is 35.4 Å². The van der Waals surface area contributed by atoms with Crippen LogP contribution in [0.2, 0.25) is 0 Å². The lowest BCUT2D eigenvalue weighted by Crippen LogP contribution is -2.37. The molecule has 0 spiro atoms. The Bertz CT molecular complexity index is 499.